The van der Waals surface area contributed by atoms with Crippen LogP contribution in [0.5, 0.6) is 0 Å². The Kier molecular flexibility index (Phi) is 11.7. The van der Waals surface area contributed by atoms with Crippen LogP contribution in [0, 0.1) is 10.8 Å². The normalized spacial score (nSPS) is 13.3. The van der Waals surface area contributed by atoms with Crippen LogP contribution in [0.4, 0.5) is 34.1 Å². The molecule has 238 valence electrons. The van der Waals surface area contributed by atoms with Crippen molar-refractivity contribution in [1.29, 1.82) is 0 Å². The number of hydrogen-bond acceptors (Lipinski definition) is 6. The third-order valence-electron chi connectivity index (χ3n) is 7.43. The second-order valence-corrected chi connectivity index (χ2v) is 18.7. The van der Waals surface area contributed by atoms with Crippen molar-refractivity contribution in [2.24, 2.45) is 10.8 Å². The number of benzene rings is 3. The SMILES string of the molecule is CN(C)c1cccc(N(C)C)[c]1[Sn].CN(C)c1cccc(N(C)C)c1[Si]1N(CC(C)(C)C)c2ccccc2N1CC(C)(C)C. The van der Waals surface area contributed by atoms with Crippen molar-refractivity contribution in [3.63, 3.8) is 0 Å². The summed E-state index contributed by atoms with van der Waals surface area (Å²) in [7, 11) is 15.8. The van der Waals surface area contributed by atoms with Crippen LogP contribution < -0.4 is 37.5 Å². The van der Waals surface area contributed by atoms with E-state index in [2.05, 4.69) is 187 Å². The van der Waals surface area contributed by atoms with Gasteiger partial charge in [-0.05, 0) is 35.1 Å². The molecule has 0 unspecified atom stereocenters. The maximum absolute atomic E-state index is 2.74. The first-order chi connectivity index (χ1) is 20.3. The Morgan fingerprint density at radius 1 is 0.523 bits per heavy atom. The zero-order valence-electron chi connectivity index (χ0n) is 29.9. The van der Waals surface area contributed by atoms with E-state index in [-0.39, 0.29) is 10.8 Å². The third kappa shape index (κ3) is 8.59. The smallest absolute Gasteiger partial charge is 0.340 e. The summed E-state index contributed by atoms with van der Waals surface area (Å²) in [6.45, 7) is 16.2. The van der Waals surface area contributed by atoms with E-state index in [0.717, 1.165) is 13.1 Å². The van der Waals surface area contributed by atoms with Crippen molar-refractivity contribution in [3.05, 3.63) is 60.7 Å². The van der Waals surface area contributed by atoms with Gasteiger partial charge in [0.05, 0.1) is 11.4 Å². The molecule has 44 heavy (non-hydrogen) atoms. The van der Waals surface area contributed by atoms with Gasteiger partial charge in [-0.25, -0.2) is 0 Å². The molecule has 1 heterocycles. The van der Waals surface area contributed by atoms with Crippen LogP contribution in [0.2, 0.25) is 0 Å². The third-order valence-corrected chi connectivity index (χ3v) is 11.7. The van der Waals surface area contributed by atoms with Gasteiger partial charge in [-0.15, -0.1) is 0 Å². The minimum atomic E-state index is -1.25. The Balaban J connectivity index is 0.000000340. The van der Waals surface area contributed by atoms with Crippen molar-refractivity contribution in [2.75, 3.05) is 98.2 Å². The molecule has 0 saturated carbocycles. The summed E-state index contributed by atoms with van der Waals surface area (Å²) in [6.07, 6.45) is 0. The molecule has 0 fully saturated rings. The zero-order valence-corrected chi connectivity index (χ0v) is 33.7. The average Bonchev–Trinajstić information content (AvgIpc) is 3.18. The van der Waals surface area contributed by atoms with Gasteiger partial charge in [0, 0.05) is 57.8 Å². The molecule has 0 aliphatic carbocycles. The molecule has 3 aromatic carbocycles. The predicted octanol–water partition coefficient (Wildman–Crippen LogP) is 5.55. The van der Waals surface area contributed by atoms with Gasteiger partial charge in [0.2, 0.25) is 0 Å². The van der Waals surface area contributed by atoms with Gasteiger partial charge >= 0.3 is 103 Å². The van der Waals surface area contributed by atoms with Crippen LogP contribution >= 0.6 is 0 Å². The standard InChI is InChI=1S/C26H41N4Si.C10H15N2.Sn/c1-25(2,3)18-29-20-14-11-12-15-21(20)30(19-26(4,5)6)31(29)24-22(27(7)8)16-13-17-23(24)28(9)10;1-11(2)9-6-5-7-10(8-9)12(3)4;/h11-17H,18-19H2,1-10H3;5-7H,1-4H3;. The van der Waals surface area contributed by atoms with Crippen LogP contribution in [-0.2, 0) is 0 Å². The van der Waals surface area contributed by atoms with Gasteiger partial charge in [0.15, 0.2) is 0 Å². The number of fused-ring (bicyclic) bond motifs is 1. The molecule has 0 amide bonds. The Labute approximate surface area is 284 Å². The van der Waals surface area contributed by atoms with E-state index in [1.165, 1.54) is 65.4 Å². The van der Waals surface area contributed by atoms with Crippen molar-refractivity contribution in [2.45, 2.75) is 41.5 Å². The molecular weight excluding hydrogens is 663 g/mol. The number of hydrogen-bond donors (Lipinski definition) is 0. The minimum Gasteiger partial charge on any atom is -0.378 e. The van der Waals surface area contributed by atoms with Gasteiger partial charge < -0.3 is 18.9 Å². The second kappa shape index (κ2) is 14.3. The van der Waals surface area contributed by atoms with Crippen LogP contribution in [0.3, 0.4) is 0 Å². The topological polar surface area (TPSA) is 19.4 Å². The van der Waals surface area contributed by atoms with E-state index < -0.39 is 9.12 Å². The van der Waals surface area contributed by atoms with Gasteiger partial charge in [-0.2, -0.15) is 0 Å². The van der Waals surface area contributed by atoms with Gasteiger partial charge in [-0.1, -0.05) is 59.7 Å². The first-order valence-electron chi connectivity index (χ1n) is 15.5. The molecule has 0 N–H and O–H groups in total. The quantitative estimate of drug-likeness (QED) is 0.297. The molecule has 4 rings (SSSR count). The van der Waals surface area contributed by atoms with Crippen LogP contribution in [0.25, 0.3) is 0 Å². The maximum atomic E-state index is 2.74. The Morgan fingerprint density at radius 3 is 1.14 bits per heavy atom. The summed E-state index contributed by atoms with van der Waals surface area (Å²) in [5, 5.41) is 1.48. The minimum absolute atomic E-state index is 0.201. The van der Waals surface area contributed by atoms with E-state index in [1.54, 1.807) is 0 Å². The number of para-hydroxylation sites is 2. The fourth-order valence-corrected chi connectivity index (χ4v) is 11.3. The van der Waals surface area contributed by atoms with Crippen molar-refractivity contribution in [3.8, 4) is 0 Å². The summed E-state index contributed by atoms with van der Waals surface area (Å²) in [5.74, 6) is 0. The van der Waals surface area contributed by atoms with E-state index in [1.807, 2.05) is 0 Å². The zero-order chi connectivity index (χ0) is 33.1. The molecule has 1 aliphatic rings. The molecule has 4 radical (unpaired) electrons. The maximum Gasteiger partial charge on any atom is 0.340 e. The van der Waals surface area contributed by atoms with Gasteiger partial charge in [0.1, 0.15) is 0 Å². The second-order valence-electron chi connectivity index (χ2n) is 15.0. The molecule has 1 aliphatic heterocycles. The van der Waals surface area contributed by atoms with Crippen LogP contribution in [0.15, 0.2) is 60.7 Å². The van der Waals surface area contributed by atoms with Crippen molar-refractivity contribution < 1.29 is 0 Å². The van der Waals surface area contributed by atoms with Crippen molar-refractivity contribution >= 4 is 74.5 Å². The van der Waals surface area contributed by atoms with Crippen molar-refractivity contribution in [1.82, 2.24) is 0 Å². The number of rotatable bonds is 7. The van der Waals surface area contributed by atoms with E-state index in [9.17, 15) is 0 Å². The molecule has 0 aromatic heterocycles. The van der Waals surface area contributed by atoms with E-state index >= 15 is 0 Å². The summed E-state index contributed by atoms with van der Waals surface area (Å²) in [4.78, 5) is 8.90. The fourth-order valence-electron chi connectivity index (χ4n) is 5.61. The Bertz CT molecular complexity index is 1290. The predicted molar refractivity (Wildman–Crippen MR) is 201 cm³/mol. The fraction of sp³-hybridized carbons (Fsp3) is 0.500. The summed E-state index contributed by atoms with van der Waals surface area (Å²) in [6, 6.07) is 22.2. The van der Waals surface area contributed by atoms with E-state index in [0.29, 0.717) is 0 Å². The number of anilines is 6. The molecular formula is C36H56N6SiSn. The van der Waals surface area contributed by atoms with Gasteiger partial charge in [-0.3, -0.25) is 0 Å². The molecule has 8 heteroatoms. The molecule has 3 aromatic rings. The van der Waals surface area contributed by atoms with Crippen LogP contribution in [0.1, 0.15) is 41.5 Å². The van der Waals surface area contributed by atoms with E-state index in [4.69, 9.17) is 0 Å². The molecule has 0 atom stereocenters. The summed E-state index contributed by atoms with van der Waals surface area (Å²) >= 11 is 1.47. The average molecular weight is 720 g/mol. The first-order valence-corrected chi connectivity index (χ1v) is 18.3. The first kappa shape index (κ1) is 35.9. The molecule has 0 spiro atoms. The number of nitrogens with zero attached hydrogens (tertiary/aromatic N) is 6. The van der Waals surface area contributed by atoms with Crippen LogP contribution in [-0.4, -0.2) is 101 Å². The Hall–Kier alpha value is -2.52. The molecule has 0 saturated heterocycles. The molecule has 0 bridgehead atoms. The monoisotopic (exact) mass is 720 g/mol. The molecule has 6 nitrogen and oxygen atoms in total. The summed E-state index contributed by atoms with van der Waals surface area (Å²) < 4.78 is 6.90. The van der Waals surface area contributed by atoms with Gasteiger partial charge in [0.25, 0.3) is 0 Å². The largest absolute Gasteiger partial charge is 0.378 e. The Morgan fingerprint density at radius 2 is 0.841 bits per heavy atom. The summed E-state index contributed by atoms with van der Waals surface area (Å²) in [5.41, 5.74) is 8.46.